The van der Waals surface area contributed by atoms with E-state index in [0.29, 0.717) is 0 Å². The van der Waals surface area contributed by atoms with Crippen LogP contribution in [0.5, 0.6) is 0 Å². The van der Waals surface area contributed by atoms with Crippen molar-refractivity contribution in [2.75, 3.05) is 0 Å². The topological polar surface area (TPSA) is 7.76 Å². The first kappa shape index (κ1) is 15.4. The molecule has 23 heavy (non-hydrogen) atoms. The minimum atomic E-state index is 1.21. The molecule has 0 fully saturated rings. The van der Waals surface area contributed by atoms with Gasteiger partial charge in [-0.05, 0) is 50.1 Å². The van der Waals surface area contributed by atoms with Crippen molar-refractivity contribution in [3.05, 3.63) is 71.4 Å². The van der Waals surface area contributed by atoms with Crippen molar-refractivity contribution in [2.24, 2.45) is 14.1 Å². The highest BCUT2D eigenvalue weighted by molar-refractivity contribution is 5.65. The maximum absolute atomic E-state index is 2.29. The van der Waals surface area contributed by atoms with Gasteiger partial charge in [-0.25, -0.2) is 0 Å². The quantitative estimate of drug-likeness (QED) is 0.639. The summed E-state index contributed by atoms with van der Waals surface area (Å²) in [6, 6.07) is 17.4. The number of aryl methyl sites for hydroxylation is 3. The summed E-state index contributed by atoms with van der Waals surface area (Å²) in [5.74, 6) is 0. The molecule has 0 saturated heterocycles. The van der Waals surface area contributed by atoms with Crippen LogP contribution in [0, 0.1) is 20.8 Å². The van der Waals surface area contributed by atoms with Gasteiger partial charge in [-0.3, -0.25) is 0 Å². The highest BCUT2D eigenvalue weighted by Gasteiger charge is 2.23. The van der Waals surface area contributed by atoms with Gasteiger partial charge in [0.05, 0.1) is 0 Å². The molecule has 0 bridgehead atoms. The molecule has 0 N–H and O–H groups in total. The average Bonchev–Trinajstić information content (AvgIpc) is 2.52. The van der Waals surface area contributed by atoms with Crippen molar-refractivity contribution in [3.63, 3.8) is 0 Å². The van der Waals surface area contributed by atoms with Gasteiger partial charge in [0.2, 0.25) is 5.69 Å². The van der Waals surface area contributed by atoms with Gasteiger partial charge in [0.15, 0.2) is 6.20 Å². The summed E-state index contributed by atoms with van der Waals surface area (Å²) >= 11 is 0. The summed E-state index contributed by atoms with van der Waals surface area (Å²) in [5, 5.41) is 0. The van der Waals surface area contributed by atoms with Gasteiger partial charge in [-0.2, -0.15) is 9.13 Å². The van der Waals surface area contributed by atoms with Crippen molar-refractivity contribution in [3.8, 4) is 22.6 Å². The molecule has 0 spiro atoms. The van der Waals surface area contributed by atoms with Crippen LogP contribution in [0.25, 0.3) is 22.6 Å². The van der Waals surface area contributed by atoms with E-state index in [2.05, 4.69) is 98.7 Å². The fraction of sp³-hybridized carbons (Fsp3) is 0.238. The maximum atomic E-state index is 2.29. The first-order valence-electron chi connectivity index (χ1n) is 8.01. The molecule has 2 heteroatoms. The molecule has 3 rings (SSSR count). The third-order valence-electron chi connectivity index (χ3n) is 4.64. The van der Waals surface area contributed by atoms with Gasteiger partial charge in [-0.1, -0.05) is 11.6 Å². The number of hydrogen-bond acceptors (Lipinski definition) is 0. The Bertz CT molecular complexity index is 879. The van der Waals surface area contributed by atoms with E-state index in [1.807, 2.05) is 0 Å². The summed E-state index contributed by atoms with van der Waals surface area (Å²) in [6.45, 7) is 6.56. The zero-order valence-electron chi connectivity index (χ0n) is 14.6. The number of hydrogen-bond donors (Lipinski definition) is 0. The van der Waals surface area contributed by atoms with Crippen molar-refractivity contribution < 1.29 is 9.13 Å². The van der Waals surface area contributed by atoms with E-state index >= 15 is 0 Å². The Morgan fingerprint density at radius 1 is 0.739 bits per heavy atom. The monoisotopic (exact) mass is 304 g/mol. The summed E-state index contributed by atoms with van der Waals surface area (Å²) in [6.07, 6.45) is 2.09. The standard InChI is InChI=1S/C21H24N2/c1-15-13-16(2)17(3)18(14-15)19-10-8-11-21(23(19)5)20-9-6-7-12-22(20)4/h6-14H,1-5H3/q+2. The second-order valence-electron chi connectivity index (χ2n) is 6.31. The summed E-state index contributed by atoms with van der Waals surface area (Å²) in [5.41, 5.74) is 8.97. The smallest absolute Gasteiger partial charge is 0.196 e. The van der Waals surface area contributed by atoms with Crippen LogP contribution in [0.3, 0.4) is 0 Å². The minimum absolute atomic E-state index is 1.21. The molecular weight excluding hydrogens is 280 g/mol. The lowest BCUT2D eigenvalue weighted by Gasteiger charge is -2.10. The number of nitrogens with zero attached hydrogens (tertiary/aromatic N) is 2. The first-order valence-corrected chi connectivity index (χ1v) is 8.01. The Hall–Kier alpha value is -2.48. The van der Waals surface area contributed by atoms with Crippen LogP contribution in [-0.2, 0) is 14.1 Å². The van der Waals surface area contributed by atoms with Gasteiger partial charge in [0.1, 0.15) is 14.1 Å². The Labute approximate surface area is 138 Å². The van der Waals surface area contributed by atoms with Crippen molar-refractivity contribution >= 4 is 0 Å². The predicted octanol–water partition coefficient (Wildman–Crippen LogP) is 3.59. The lowest BCUT2D eigenvalue weighted by atomic mass is 9.97. The second-order valence-corrected chi connectivity index (χ2v) is 6.31. The van der Waals surface area contributed by atoms with Crippen molar-refractivity contribution in [1.82, 2.24) is 0 Å². The molecule has 0 aliphatic carbocycles. The zero-order chi connectivity index (χ0) is 16.6. The maximum Gasteiger partial charge on any atom is 0.277 e. The number of pyridine rings is 2. The Morgan fingerprint density at radius 2 is 1.43 bits per heavy atom. The van der Waals surface area contributed by atoms with Crippen LogP contribution in [0.15, 0.2) is 54.7 Å². The lowest BCUT2D eigenvalue weighted by molar-refractivity contribution is -0.685. The van der Waals surface area contributed by atoms with Gasteiger partial charge < -0.3 is 0 Å². The normalized spacial score (nSPS) is 10.8. The van der Waals surface area contributed by atoms with Gasteiger partial charge in [-0.15, -0.1) is 0 Å². The van der Waals surface area contributed by atoms with Crippen molar-refractivity contribution in [2.45, 2.75) is 20.8 Å². The van der Waals surface area contributed by atoms with E-state index in [-0.39, 0.29) is 0 Å². The molecule has 3 aromatic rings. The number of aromatic nitrogens is 2. The van der Waals surface area contributed by atoms with Crippen LogP contribution in [0.4, 0.5) is 0 Å². The van der Waals surface area contributed by atoms with Gasteiger partial charge >= 0.3 is 0 Å². The third kappa shape index (κ3) is 2.77. The second kappa shape index (κ2) is 5.96. The predicted molar refractivity (Wildman–Crippen MR) is 93.9 cm³/mol. The summed E-state index contributed by atoms with van der Waals surface area (Å²) < 4.78 is 4.45. The molecule has 0 saturated carbocycles. The SMILES string of the molecule is Cc1cc(C)c(C)c(-c2cccc(-c3cccc[n+]3C)[n+]2C)c1. The molecule has 1 aromatic carbocycles. The van der Waals surface area contributed by atoms with E-state index in [9.17, 15) is 0 Å². The van der Waals surface area contributed by atoms with Gasteiger partial charge in [0.25, 0.3) is 11.4 Å². The lowest BCUT2D eigenvalue weighted by Crippen LogP contribution is -2.39. The van der Waals surface area contributed by atoms with Crippen LogP contribution in [0.1, 0.15) is 16.7 Å². The molecule has 0 radical (unpaired) electrons. The summed E-state index contributed by atoms with van der Waals surface area (Å²) in [4.78, 5) is 0. The van der Waals surface area contributed by atoms with E-state index in [4.69, 9.17) is 0 Å². The van der Waals surface area contributed by atoms with E-state index in [0.717, 1.165) is 0 Å². The summed E-state index contributed by atoms with van der Waals surface area (Å²) in [7, 11) is 4.23. The molecule has 116 valence electrons. The fourth-order valence-electron chi connectivity index (χ4n) is 3.21. The molecule has 2 nitrogen and oxygen atoms in total. The highest BCUT2D eigenvalue weighted by Crippen LogP contribution is 2.26. The molecule has 0 unspecified atom stereocenters. The van der Waals surface area contributed by atoms with E-state index in [1.165, 1.54) is 39.3 Å². The number of rotatable bonds is 2. The molecule has 2 aromatic heterocycles. The van der Waals surface area contributed by atoms with Crippen LogP contribution in [0.2, 0.25) is 0 Å². The van der Waals surface area contributed by atoms with Crippen LogP contribution < -0.4 is 9.13 Å². The third-order valence-corrected chi connectivity index (χ3v) is 4.64. The molecule has 0 aliphatic rings. The Balaban J connectivity index is 2.25. The Morgan fingerprint density at radius 3 is 2.17 bits per heavy atom. The zero-order valence-corrected chi connectivity index (χ0v) is 14.6. The highest BCUT2D eigenvalue weighted by atomic mass is 15.0. The minimum Gasteiger partial charge on any atom is -0.196 e. The van der Waals surface area contributed by atoms with Crippen LogP contribution >= 0.6 is 0 Å². The molecule has 0 atom stereocenters. The Kier molecular flexibility index (Phi) is 3.99. The van der Waals surface area contributed by atoms with E-state index < -0.39 is 0 Å². The first-order chi connectivity index (χ1) is 11.0. The van der Waals surface area contributed by atoms with Gasteiger partial charge in [0, 0.05) is 29.8 Å². The molecule has 0 amide bonds. The van der Waals surface area contributed by atoms with Crippen LogP contribution in [-0.4, -0.2) is 0 Å². The average molecular weight is 304 g/mol. The fourth-order valence-corrected chi connectivity index (χ4v) is 3.21. The molecular formula is C21H24N2+2. The molecule has 0 aliphatic heterocycles. The largest absolute Gasteiger partial charge is 0.277 e. The van der Waals surface area contributed by atoms with E-state index in [1.54, 1.807) is 0 Å². The molecule has 2 heterocycles. The number of benzene rings is 1. The van der Waals surface area contributed by atoms with Crippen molar-refractivity contribution in [1.29, 1.82) is 0 Å².